The summed E-state index contributed by atoms with van der Waals surface area (Å²) in [5.41, 5.74) is 1.38. The normalized spacial score (nSPS) is 17.7. The Labute approximate surface area is 205 Å². The van der Waals surface area contributed by atoms with E-state index >= 15 is 0 Å². The van der Waals surface area contributed by atoms with Gasteiger partial charge in [-0.05, 0) is 42.9 Å². The maximum atomic E-state index is 13.0. The van der Waals surface area contributed by atoms with E-state index in [2.05, 4.69) is 10.6 Å². The lowest BCUT2D eigenvalue weighted by molar-refractivity contribution is -0.216. The zero-order valence-corrected chi connectivity index (χ0v) is 19.4. The fourth-order valence-corrected chi connectivity index (χ4v) is 3.72. The number of nitrogens with zero attached hydrogens (tertiary/aromatic N) is 2. The lowest BCUT2D eigenvalue weighted by Crippen LogP contribution is -2.53. The molecule has 1 aliphatic rings. The summed E-state index contributed by atoms with van der Waals surface area (Å²) >= 11 is 0. The fourth-order valence-electron chi connectivity index (χ4n) is 3.72. The molecule has 1 aliphatic heterocycles. The maximum absolute atomic E-state index is 13.0. The molecular weight excluding hydrogens is 479 g/mol. The lowest BCUT2D eigenvalue weighted by atomic mass is 10.1. The highest BCUT2D eigenvalue weighted by molar-refractivity contribution is 5.95. The third-order valence-corrected chi connectivity index (χ3v) is 5.65. The molecule has 3 atom stereocenters. The summed E-state index contributed by atoms with van der Waals surface area (Å²) in [6.07, 6.45) is -8.55. The van der Waals surface area contributed by atoms with Crippen molar-refractivity contribution in [2.75, 3.05) is 33.4 Å². The first-order valence-corrected chi connectivity index (χ1v) is 11.1. The molecule has 1 saturated heterocycles. The minimum Gasteiger partial charge on any atom is -0.377 e. The van der Waals surface area contributed by atoms with Crippen molar-refractivity contribution in [1.82, 2.24) is 20.9 Å². The number of nitrogens with one attached hydrogen (secondary N) is 3. The van der Waals surface area contributed by atoms with E-state index in [0.29, 0.717) is 29.8 Å². The van der Waals surface area contributed by atoms with Crippen LogP contribution in [0.5, 0.6) is 0 Å². The Balaban J connectivity index is 1.62. The van der Waals surface area contributed by atoms with Gasteiger partial charge in [0.25, 0.3) is 11.8 Å². The van der Waals surface area contributed by atoms with Crippen LogP contribution in [0.2, 0.25) is 0 Å². The molecule has 2 amide bonds. The van der Waals surface area contributed by atoms with Gasteiger partial charge in [-0.1, -0.05) is 18.2 Å². The molecule has 2 aromatic carbocycles. The van der Waals surface area contributed by atoms with E-state index in [1.165, 1.54) is 37.4 Å². The van der Waals surface area contributed by atoms with Gasteiger partial charge in [-0.3, -0.25) is 14.9 Å². The van der Waals surface area contributed by atoms with Crippen LogP contribution in [0.4, 0.5) is 13.2 Å². The van der Waals surface area contributed by atoms with Crippen molar-refractivity contribution in [1.29, 1.82) is 5.26 Å². The predicted octanol–water partition coefficient (Wildman–Crippen LogP) is 1.52. The van der Waals surface area contributed by atoms with Crippen molar-refractivity contribution < 1.29 is 32.6 Å². The van der Waals surface area contributed by atoms with Gasteiger partial charge in [-0.15, -0.1) is 0 Å². The Kier molecular flexibility index (Phi) is 9.00. The van der Waals surface area contributed by atoms with Gasteiger partial charge in [-0.2, -0.15) is 18.4 Å². The van der Waals surface area contributed by atoms with Gasteiger partial charge >= 0.3 is 6.18 Å². The summed E-state index contributed by atoms with van der Waals surface area (Å²) in [5, 5.41) is 25.8. The first kappa shape index (κ1) is 27.1. The van der Waals surface area contributed by atoms with Gasteiger partial charge < -0.3 is 25.4 Å². The van der Waals surface area contributed by atoms with Gasteiger partial charge in [0.2, 0.25) is 6.23 Å². The highest BCUT2D eigenvalue weighted by Gasteiger charge is 2.39. The van der Waals surface area contributed by atoms with E-state index in [0.717, 1.165) is 0 Å². The number of rotatable bonds is 8. The molecule has 0 saturated carbocycles. The van der Waals surface area contributed by atoms with Crippen LogP contribution < -0.4 is 16.0 Å². The third kappa shape index (κ3) is 6.79. The summed E-state index contributed by atoms with van der Waals surface area (Å²) in [6, 6.07) is 13.8. The Hall–Kier alpha value is -3.50. The monoisotopic (exact) mass is 505 g/mol. The summed E-state index contributed by atoms with van der Waals surface area (Å²) in [7, 11) is 1.43. The van der Waals surface area contributed by atoms with Crippen molar-refractivity contribution in [3.63, 3.8) is 0 Å². The second-order valence-corrected chi connectivity index (χ2v) is 8.08. The fraction of sp³-hybridized carbons (Fsp3) is 0.375. The minimum atomic E-state index is -4.83. The SMILES string of the molecule is CNC(NC(O)C(F)(F)F)c1ccc(C(=O)NCC2COCCN2C(=O)c2cccc(C#N)c2)cc1. The third-order valence-electron chi connectivity index (χ3n) is 5.65. The second kappa shape index (κ2) is 12.0. The molecule has 0 radical (unpaired) electrons. The van der Waals surface area contributed by atoms with Crippen LogP contribution in [0, 0.1) is 11.3 Å². The minimum absolute atomic E-state index is 0.114. The van der Waals surface area contributed by atoms with Crippen LogP contribution in [-0.2, 0) is 4.74 Å². The van der Waals surface area contributed by atoms with Crippen molar-refractivity contribution in [2.24, 2.45) is 0 Å². The molecule has 36 heavy (non-hydrogen) atoms. The first-order chi connectivity index (χ1) is 17.1. The number of ether oxygens (including phenoxy) is 1. The van der Waals surface area contributed by atoms with Gasteiger partial charge in [0.15, 0.2) is 0 Å². The highest BCUT2D eigenvalue weighted by Crippen LogP contribution is 2.21. The molecule has 4 N–H and O–H groups in total. The van der Waals surface area contributed by atoms with Crippen molar-refractivity contribution in [3.8, 4) is 6.07 Å². The van der Waals surface area contributed by atoms with E-state index in [9.17, 15) is 27.9 Å². The number of benzene rings is 2. The quantitative estimate of drug-likeness (QED) is 0.401. The molecule has 1 heterocycles. The number of hydrogen-bond donors (Lipinski definition) is 4. The van der Waals surface area contributed by atoms with Gasteiger partial charge in [0, 0.05) is 24.2 Å². The Bertz CT molecular complexity index is 1100. The topological polar surface area (TPSA) is 127 Å². The second-order valence-electron chi connectivity index (χ2n) is 8.08. The predicted molar refractivity (Wildman–Crippen MR) is 123 cm³/mol. The first-order valence-electron chi connectivity index (χ1n) is 11.1. The molecule has 0 aliphatic carbocycles. The van der Waals surface area contributed by atoms with Crippen molar-refractivity contribution >= 4 is 11.8 Å². The number of aliphatic hydroxyl groups is 1. The van der Waals surface area contributed by atoms with Crippen LogP contribution in [0.15, 0.2) is 48.5 Å². The zero-order chi connectivity index (χ0) is 26.3. The molecule has 3 rings (SSSR count). The molecule has 1 fully saturated rings. The average molecular weight is 505 g/mol. The molecule has 192 valence electrons. The molecule has 0 bridgehead atoms. The molecule has 9 nitrogen and oxygen atoms in total. The summed E-state index contributed by atoms with van der Waals surface area (Å²) in [4.78, 5) is 27.3. The van der Waals surface area contributed by atoms with Crippen LogP contribution in [0.3, 0.4) is 0 Å². The number of morpholine rings is 1. The standard InChI is InChI=1S/C24H26F3N5O4/c1-29-20(31-23(35)24(25,26)27)16-5-7-17(8-6-16)21(33)30-13-19-14-36-10-9-32(19)22(34)18-4-2-3-15(11-18)12-28/h2-8,11,19-20,23,29,31,35H,9-10,13-14H2,1H3,(H,30,33). The number of carbonyl (C=O) groups excluding carboxylic acids is 2. The summed E-state index contributed by atoms with van der Waals surface area (Å²) in [6.45, 7) is 1.01. The molecule has 3 unspecified atom stereocenters. The molecule has 2 aromatic rings. The Morgan fingerprint density at radius 2 is 1.94 bits per heavy atom. The lowest BCUT2D eigenvalue weighted by Gasteiger charge is -2.35. The van der Waals surface area contributed by atoms with E-state index in [1.54, 1.807) is 23.1 Å². The number of alkyl halides is 3. The van der Waals surface area contributed by atoms with Crippen molar-refractivity contribution in [3.05, 3.63) is 70.8 Å². The number of hydrogen-bond acceptors (Lipinski definition) is 7. The Morgan fingerprint density at radius 3 is 2.58 bits per heavy atom. The number of amides is 2. The van der Waals surface area contributed by atoms with E-state index < -0.39 is 30.5 Å². The highest BCUT2D eigenvalue weighted by atomic mass is 19.4. The van der Waals surface area contributed by atoms with E-state index in [-0.39, 0.29) is 24.6 Å². The van der Waals surface area contributed by atoms with Crippen LogP contribution >= 0.6 is 0 Å². The molecule has 12 heteroatoms. The Morgan fingerprint density at radius 1 is 1.22 bits per heavy atom. The van der Waals surface area contributed by atoms with Gasteiger partial charge in [0.1, 0.15) is 0 Å². The molecule has 0 spiro atoms. The molecular formula is C24H26F3N5O4. The number of aliphatic hydroxyl groups excluding tert-OH is 1. The van der Waals surface area contributed by atoms with Crippen LogP contribution in [0.1, 0.15) is 38.0 Å². The maximum Gasteiger partial charge on any atom is 0.428 e. The van der Waals surface area contributed by atoms with E-state index in [4.69, 9.17) is 10.00 Å². The van der Waals surface area contributed by atoms with E-state index in [1.807, 2.05) is 11.4 Å². The van der Waals surface area contributed by atoms with Crippen LogP contribution in [0.25, 0.3) is 0 Å². The zero-order valence-electron chi connectivity index (χ0n) is 19.4. The summed E-state index contributed by atoms with van der Waals surface area (Å²) in [5.74, 6) is -0.707. The number of carbonyl (C=O) groups is 2. The van der Waals surface area contributed by atoms with Crippen molar-refractivity contribution in [2.45, 2.75) is 24.6 Å². The number of nitriles is 1. The smallest absolute Gasteiger partial charge is 0.377 e. The summed E-state index contributed by atoms with van der Waals surface area (Å²) < 4.78 is 43.4. The van der Waals surface area contributed by atoms with Gasteiger partial charge in [0.05, 0.1) is 37.1 Å². The van der Waals surface area contributed by atoms with Crippen LogP contribution in [-0.4, -0.2) is 73.6 Å². The van der Waals surface area contributed by atoms with Gasteiger partial charge in [-0.25, -0.2) is 0 Å². The average Bonchev–Trinajstić information content (AvgIpc) is 2.89. The largest absolute Gasteiger partial charge is 0.428 e. The molecule has 0 aromatic heterocycles. The number of halogens is 3.